The minimum atomic E-state index is -4.62. The normalized spacial score (nSPS) is 28.8. The van der Waals surface area contributed by atoms with E-state index in [0.29, 0.717) is 24.5 Å². The van der Waals surface area contributed by atoms with Crippen molar-refractivity contribution < 1.29 is 37.0 Å². The molecule has 2 bridgehead atoms. The maximum Gasteiger partial charge on any atom is 0.416 e. The number of nitrogens with zero attached hydrogens (tertiary/aromatic N) is 2. The van der Waals surface area contributed by atoms with Crippen molar-refractivity contribution >= 4 is 46.5 Å². The van der Waals surface area contributed by atoms with Crippen LogP contribution in [0.15, 0.2) is 52.3 Å². The van der Waals surface area contributed by atoms with E-state index >= 15 is 0 Å². The van der Waals surface area contributed by atoms with E-state index in [0.717, 1.165) is 76.2 Å². The van der Waals surface area contributed by atoms with E-state index < -0.39 is 35.4 Å². The highest BCUT2D eigenvalue weighted by atomic mass is 32.2. The molecular formula is C35H34F3N3O6S2. The van der Waals surface area contributed by atoms with Gasteiger partial charge in [0, 0.05) is 29.1 Å². The fourth-order valence-corrected chi connectivity index (χ4v) is 11.8. The third-order valence-electron chi connectivity index (χ3n) is 10.8. The maximum absolute atomic E-state index is 14.0. The van der Waals surface area contributed by atoms with Crippen molar-refractivity contribution in [2.45, 2.75) is 55.0 Å². The van der Waals surface area contributed by atoms with Crippen LogP contribution in [-0.2, 0) is 20.6 Å². The molecule has 14 heteroatoms. The number of anilines is 1. The maximum atomic E-state index is 14.0. The van der Waals surface area contributed by atoms with Crippen LogP contribution < -0.4 is 19.2 Å². The number of amides is 3. The lowest BCUT2D eigenvalue weighted by Gasteiger charge is -2.43. The predicted octanol–water partition coefficient (Wildman–Crippen LogP) is 5.92. The molecule has 2 aromatic carbocycles. The Bertz CT molecular complexity index is 1890. The van der Waals surface area contributed by atoms with E-state index in [1.807, 2.05) is 24.0 Å². The second-order valence-corrected chi connectivity index (χ2v) is 15.6. The van der Waals surface area contributed by atoms with Crippen LogP contribution in [0, 0.1) is 29.6 Å². The second-order valence-electron chi connectivity index (χ2n) is 13.4. The smallest absolute Gasteiger partial charge is 0.416 e. The third-order valence-corrected chi connectivity index (χ3v) is 13.4. The first kappa shape index (κ1) is 32.4. The van der Waals surface area contributed by atoms with Crippen LogP contribution in [0.5, 0.6) is 11.5 Å². The van der Waals surface area contributed by atoms with Gasteiger partial charge in [-0.2, -0.15) is 13.2 Å². The highest BCUT2D eigenvalue weighted by Gasteiger charge is 2.69. The van der Waals surface area contributed by atoms with Gasteiger partial charge >= 0.3 is 11.0 Å². The van der Waals surface area contributed by atoms with Gasteiger partial charge < -0.3 is 19.4 Å². The number of nitrogens with one attached hydrogen (secondary N) is 1. The lowest BCUT2D eigenvalue weighted by atomic mass is 9.68. The number of hydrogen-bond acceptors (Lipinski definition) is 8. The van der Waals surface area contributed by atoms with Crippen molar-refractivity contribution in [2.75, 3.05) is 31.2 Å². The summed E-state index contributed by atoms with van der Waals surface area (Å²) in [7, 11) is 0. The van der Waals surface area contributed by atoms with E-state index in [9.17, 15) is 32.3 Å². The number of aromatic amines is 1. The summed E-state index contributed by atoms with van der Waals surface area (Å²) in [5, 5.41) is 0.642. The van der Waals surface area contributed by atoms with Crippen molar-refractivity contribution in [3.05, 3.63) is 68.1 Å². The quantitative estimate of drug-likeness (QED) is 0.303. The Morgan fingerprint density at radius 3 is 2.45 bits per heavy atom. The van der Waals surface area contributed by atoms with Gasteiger partial charge in [0.25, 0.3) is 5.91 Å². The summed E-state index contributed by atoms with van der Waals surface area (Å²) in [4.78, 5) is 59.9. The van der Waals surface area contributed by atoms with Crippen LogP contribution >= 0.6 is 23.1 Å². The molecule has 0 spiro atoms. The summed E-state index contributed by atoms with van der Waals surface area (Å²) in [6, 6.07) is 9.96. The van der Waals surface area contributed by atoms with Crippen molar-refractivity contribution in [3.8, 4) is 11.5 Å². The number of thiazole rings is 1. The zero-order chi connectivity index (χ0) is 34.2. The van der Waals surface area contributed by atoms with Crippen molar-refractivity contribution in [3.63, 3.8) is 0 Å². The molecule has 49 heavy (non-hydrogen) atoms. The average molecular weight is 714 g/mol. The first-order valence-corrected chi connectivity index (χ1v) is 18.4. The minimum Gasteiger partial charge on any atom is -0.490 e. The van der Waals surface area contributed by atoms with Crippen LogP contribution in [-0.4, -0.2) is 59.2 Å². The van der Waals surface area contributed by atoms with Gasteiger partial charge in [-0.15, -0.1) is 11.8 Å². The molecule has 7 atom stereocenters. The van der Waals surface area contributed by atoms with Gasteiger partial charge in [0.2, 0.25) is 11.8 Å². The Hall–Kier alpha value is -3.78. The molecule has 3 amide bonds. The zero-order valence-corrected chi connectivity index (χ0v) is 28.2. The number of piperidine rings is 1. The molecule has 4 heterocycles. The number of carbonyl (C=O) groups excluding carboxylic acids is 3. The van der Waals surface area contributed by atoms with E-state index in [2.05, 4.69) is 4.98 Å². The number of alkyl halides is 3. The van der Waals surface area contributed by atoms with Gasteiger partial charge in [0.15, 0.2) is 18.1 Å². The van der Waals surface area contributed by atoms with Crippen molar-refractivity contribution in [1.29, 1.82) is 0 Å². The number of aromatic nitrogens is 1. The third kappa shape index (κ3) is 5.36. The molecule has 4 fully saturated rings. The molecule has 1 aromatic heterocycles. The summed E-state index contributed by atoms with van der Waals surface area (Å²) in [5.74, 6) is -2.22. The monoisotopic (exact) mass is 713 g/mol. The zero-order valence-electron chi connectivity index (χ0n) is 26.5. The Morgan fingerprint density at radius 2 is 1.71 bits per heavy atom. The summed E-state index contributed by atoms with van der Waals surface area (Å²) < 4.78 is 52.7. The molecule has 2 aliphatic carbocycles. The van der Waals surface area contributed by atoms with Gasteiger partial charge in [-0.05, 0) is 86.3 Å². The topological polar surface area (TPSA) is 109 Å². The number of fused-ring (bicyclic) bond motifs is 9. The first-order valence-electron chi connectivity index (χ1n) is 16.7. The van der Waals surface area contributed by atoms with Crippen LogP contribution in [0.3, 0.4) is 0 Å². The van der Waals surface area contributed by atoms with Gasteiger partial charge in [-0.3, -0.25) is 24.1 Å². The van der Waals surface area contributed by atoms with E-state index in [1.54, 1.807) is 6.07 Å². The lowest BCUT2D eigenvalue weighted by molar-refractivity contribution is -0.137. The number of H-pyrrole nitrogens is 1. The van der Waals surface area contributed by atoms with Crippen LogP contribution in [0.1, 0.15) is 54.5 Å². The summed E-state index contributed by atoms with van der Waals surface area (Å²) in [6.45, 7) is 3.54. The lowest BCUT2D eigenvalue weighted by Crippen LogP contribution is -2.42. The molecule has 0 unspecified atom stereocenters. The number of thioether (sulfide) groups is 1. The molecule has 2 saturated heterocycles. The standard InChI is InChI=1S/C35H34F3N3O6S2/c1-2-46-23-13-17(9-10-22(23)47-16-24(42)40-11-4-3-5-12-40)25-26-20-15-21(29(26)48-31-30(25)49-34(45)39-31)28-27(20)32(43)41(33(28)44)19-8-6-7-18(14-19)35(36,37)38/h6-10,13-14,20-21,25-29H,2-5,11-12,15-16H2,1H3,(H,39,45)/t20-,21-,25+,26-,27+,28+,29-/m1/s1. The van der Waals surface area contributed by atoms with E-state index in [4.69, 9.17) is 9.47 Å². The number of halogens is 3. The highest BCUT2D eigenvalue weighted by molar-refractivity contribution is 8.00. The average Bonchev–Trinajstić information content (AvgIpc) is 3.83. The van der Waals surface area contributed by atoms with Crippen molar-refractivity contribution in [1.82, 2.24) is 9.88 Å². The fraction of sp³-hybridized carbons (Fsp3) is 0.486. The molecule has 1 N–H and O–H groups in total. The first-order chi connectivity index (χ1) is 23.5. The molecule has 0 radical (unpaired) electrons. The van der Waals surface area contributed by atoms with Crippen LogP contribution in [0.4, 0.5) is 18.9 Å². The number of ether oxygens (including phenoxy) is 2. The molecular weight excluding hydrogens is 680 g/mol. The second kappa shape index (κ2) is 12.2. The number of benzene rings is 2. The van der Waals surface area contributed by atoms with Crippen LogP contribution in [0.2, 0.25) is 0 Å². The van der Waals surface area contributed by atoms with Crippen molar-refractivity contribution in [2.24, 2.45) is 29.6 Å². The number of rotatable bonds is 7. The Morgan fingerprint density at radius 1 is 0.959 bits per heavy atom. The van der Waals surface area contributed by atoms with Gasteiger partial charge in [0.05, 0.1) is 34.7 Å². The molecule has 3 aromatic rings. The molecule has 5 aliphatic rings. The predicted molar refractivity (Wildman–Crippen MR) is 176 cm³/mol. The highest BCUT2D eigenvalue weighted by Crippen LogP contribution is 2.69. The van der Waals surface area contributed by atoms with Gasteiger partial charge in [-0.1, -0.05) is 23.5 Å². The SMILES string of the molecule is CCOc1cc([C@@H]2c3sc(=O)[nH]c3S[C@@H]3[C@@H]4C[C@@H]([C@@H]5C(=O)N(c6cccc(C(F)(F)F)c6)C(=O)[C@@H]45)[C@H]23)ccc1OCC(=O)N1CCCCC1. The molecule has 8 rings (SSSR count). The summed E-state index contributed by atoms with van der Waals surface area (Å²) in [5.41, 5.74) is -0.123. The number of likely N-dealkylation sites (tertiary alicyclic amines) is 1. The molecule has 3 aliphatic heterocycles. The van der Waals surface area contributed by atoms with E-state index in [1.165, 1.54) is 23.9 Å². The van der Waals surface area contributed by atoms with Crippen LogP contribution in [0.25, 0.3) is 0 Å². The molecule has 2 saturated carbocycles. The Balaban J connectivity index is 1.12. The number of carbonyl (C=O) groups is 3. The largest absolute Gasteiger partial charge is 0.490 e. The number of hydrogen-bond donors (Lipinski definition) is 1. The molecule has 258 valence electrons. The Kier molecular flexibility index (Phi) is 8.09. The number of imide groups is 1. The Labute approximate surface area is 288 Å². The molecule has 9 nitrogen and oxygen atoms in total. The van der Waals surface area contributed by atoms with E-state index in [-0.39, 0.29) is 52.0 Å². The minimum absolute atomic E-state index is 0.0649. The summed E-state index contributed by atoms with van der Waals surface area (Å²) in [6.07, 6.45) is -0.910. The fourth-order valence-electron chi connectivity index (χ4n) is 8.95. The van der Waals surface area contributed by atoms with Gasteiger partial charge in [0.1, 0.15) is 0 Å². The summed E-state index contributed by atoms with van der Waals surface area (Å²) >= 11 is 2.66. The van der Waals surface area contributed by atoms with Gasteiger partial charge in [-0.25, -0.2) is 0 Å².